The molecule has 0 aliphatic carbocycles. The largest absolute Gasteiger partial charge is 0.372 e. The van der Waals surface area contributed by atoms with E-state index in [9.17, 15) is 5.26 Å². The second kappa shape index (κ2) is 9.06. The molecule has 0 aliphatic heterocycles. The number of hydrogen-bond acceptors (Lipinski definition) is 2. The lowest BCUT2D eigenvalue weighted by molar-refractivity contribution is 0.108. The van der Waals surface area contributed by atoms with Crippen molar-refractivity contribution in [1.82, 2.24) is 0 Å². The number of nitriles is 1. The van der Waals surface area contributed by atoms with Gasteiger partial charge in [0.15, 0.2) is 0 Å². The summed E-state index contributed by atoms with van der Waals surface area (Å²) in [4.78, 5) is 0. The Labute approximate surface area is 204 Å². The molecule has 0 radical (unpaired) electrons. The zero-order valence-corrected chi connectivity index (χ0v) is 19.2. The van der Waals surface area contributed by atoms with Crippen LogP contribution in [0.5, 0.6) is 0 Å². The lowest BCUT2D eigenvalue weighted by Crippen LogP contribution is -1.96. The summed E-state index contributed by atoms with van der Waals surface area (Å²) in [6.07, 6.45) is 1.92. The summed E-state index contributed by atoms with van der Waals surface area (Å²) in [5, 5.41) is 17.3. The molecule has 0 amide bonds. The second-order valence-corrected chi connectivity index (χ2v) is 8.85. The number of hydrogen-bond donors (Lipinski definition) is 0. The minimum Gasteiger partial charge on any atom is -0.372 e. The van der Waals surface area contributed by atoms with Crippen molar-refractivity contribution in [3.8, 4) is 6.07 Å². The number of rotatable bonds is 6. The highest BCUT2D eigenvalue weighted by Gasteiger charge is 2.10. The molecule has 0 spiro atoms. The predicted octanol–water partition coefficient (Wildman–Crippen LogP) is 8.36. The molecular formula is C33H23NO. The number of allylic oxidation sites excluding steroid dienone is 1. The first-order valence-corrected chi connectivity index (χ1v) is 11.8. The molecule has 2 nitrogen and oxygen atoms in total. The summed E-state index contributed by atoms with van der Waals surface area (Å²) >= 11 is 0. The van der Waals surface area contributed by atoms with Crippen LogP contribution in [-0.4, -0.2) is 0 Å². The van der Waals surface area contributed by atoms with E-state index in [1.165, 1.54) is 37.9 Å². The molecular weight excluding hydrogens is 426 g/mol. The molecule has 0 fully saturated rings. The van der Waals surface area contributed by atoms with E-state index in [2.05, 4.69) is 72.8 Å². The van der Waals surface area contributed by atoms with Crippen LogP contribution in [0.4, 0.5) is 0 Å². The van der Waals surface area contributed by atoms with Crippen molar-refractivity contribution < 1.29 is 4.74 Å². The van der Waals surface area contributed by atoms with Gasteiger partial charge in [0.05, 0.1) is 24.9 Å². The highest BCUT2D eigenvalue weighted by atomic mass is 16.5. The Balaban J connectivity index is 1.20. The highest BCUT2D eigenvalue weighted by molar-refractivity contribution is 6.23. The van der Waals surface area contributed by atoms with Gasteiger partial charge in [-0.15, -0.1) is 0 Å². The molecule has 0 heterocycles. The highest BCUT2D eigenvalue weighted by Crippen LogP contribution is 2.36. The zero-order chi connectivity index (χ0) is 23.6. The van der Waals surface area contributed by atoms with Gasteiger partial charge in [0.25, 0.3) is 0 Å². The third-order valence-corrected chi connectivity index (χ3v) is 6.64. The maximum Gasteiger partial charge on any atom is 0.0998 e. The van der Waals surface area contributed by atoms with Crippen LogP contribution < -0.4 is 0 Å². The molecule has 6 rings (SSSR count). The van der Waals surface area contributed by atoms with Crippen molar-refractivity contribution in [3.63, 3.8) is 0 Å². The summed E-state index contributed by atoms with van der Waals surface area (Å²) < 4.78 is 6.14. The Morgan fingerprint density at radius 2 is 1.34 bits per heavy atom. The summed E-state index contributed by atoms with van der Waals surface area (Å²) in [5.74, 6) is 0. The average Bonchev–Trinajstić information content (AvgIpc) is 2.92. The molecule has 0 bridgehead atoms. The molecule has 6 aromatic rings. The summed E-state index contributed by atoms with van der Waals surface area (Å²) in [5.41, 5.74) is 4.90. The minimum absolute atomic E-state index is 0.537. The van der Waals surface area contributed by atoms with Crippen LogP contribution >= 0.6 is 0 Å². The first-order valence-electron chi connectivity index (χ1n) is 11.8. The monoisotopic (exact) mass is 449 g/mol. The molecule has 166 valence electrons. The Hall–Kier alpha value is -4.45. The van der Waals surface area contributed by atoms with Crippen molar-refractivity contribution >= 4 is 44.0 Å². The van der Waals surface area contributed by atoms with Gasteiger partial charge < -0.3 is 4.74 Å². The van der Waals surface area contributed by atoms with Crippen LogP contribution in [0.1, 0.15) is 22.3 Å². The lowest BCUT2D eigenvalue weighted by atomic mass is 9.92. The third kappa shape index (κ3) is 4.04. The SMILES string of the molecule is N#C/C(=C\c1ccc(COCc2ccc3ccc4cccc5ccc2c3c45)cc1)c1ccccc1. The van der Waals surface area contributed by atoms with E-state index in [1.807, 2.05) is 48.5 Å². The lowest BCUT2D eigenvalue weighted by Gasteiger charge is -2.14. The molecule has 0 unspecified atom stereocenters. The Kier molecular flexibility index (Phi) is 5.47. The van der Waals surface area contributed by atoms with Gasteiger partial charge in [-0.2, -0.15) is 5.26 Å². The Bertz CT molecular complexity index is 1690. The smallest absolute Gasteiger partial charge is 0.0998 e. The van der Waals surface area contributed by atoms with E-state index in [-0.39, 0.29) is 0 Å². The van der Waals surface area contributed by atoms with Gasteiger partial charge in [0.2, 0.25) is 0 Å². The van der Waals surface area contributed by atoms with Gasteiger partial charge in [-0.05, 0) is 60.6 Å². The van der Waals surface area contributed by atoms with Gasteiger partial charge in [-0.3, -0.25) is 0 Å². The minimum atomic E-state index is 0.537. The second-order valence-electron chi connectivity index (χ2n) is 8.85. The molecule has 6 aromatic carbocycles. The fourth-order valence-electron chi connectivity index (χ4n) is 4.88. The molecule has 0 atom stereocenters. The zero-order valence-electron chi connectivity index (χ0n) is 19.2. The van der Waals surface area contributed by atoms with E-state index in [4.69, 9.17) is 4.74 Å². The Morgan fingerprint density at radius 3 is 2.09 bits per heavy atom. The van der Waals surface area contributed by atoms with Crippen LogP contribution in [0.2, 0.25) is 0 Å². The van der Waals surface area contributed by atoms with E-state index in [0.29, 0.717) is 18.8 Å². The third-order valence-electron chi connectivity index (χ3n) is 6.64. The number of benzene rings is 6. The maximum absolute atomic E-state index is 9.55. The standard InChI is InChI=1S/C33H23NO/c34-20-30(25-5-2-1-3-6-25)19-23-9-11-24(12-10-23)21-35-22-29-16-15-28-14-13-26-7-4-8-27-17-18-31(29)33(28)32(26)27/h1-19H,21-22H2/b30-19+. The van der Waals surface area contributed by atoms with Crippen LogP contribution in [0.25, 0.3) is 44.0 Å². The van der Waals surface area contributed by atoms with Crippen molar-refractivity contribution in [1.29, 1.82) is 5.26 Å². The first kappa shape index (κ1) is 21.1. The van der Waals surface area contributed by atoms with Crippen LogP contribution in [0.3, 0.4) is 0 Å². The van der Waals surface area contributed by atoms with E-state index >= 15 is 0 Å². The maximum atomic E-state index is 9.55. The number of nitrogens with zero attached hydrogens (tertiary/aromatic N) is 1. The quantitative estimate of drug-likeness (QED) is 0.145. The fourth-order valence-corrected chi connectivity index (χ4v) is 4.88. The normalized spacial score (nSPS) is 11.9. The van der Waals surface area contributed by atoms with E-state index in [0.717, 1.165) is 16.7 Å². The van der Waals surface area contributed by atoms with E-state index in [1.54, 1.807) is 0 Å². The first-order chi connectivity index (χ1) is 17.3. The van der Waals surface area contributed by atoms with E-state index < -0.39 is 0 Å². The molecule has 0 aromatic heterocycles. The van der Waals surface area contributed by atoms with Crippen LogP contribution in [0, 0.1) is 11.3 Å². The fraction of sp³-hybridized carbons (Fsp3) is 0.0606. The molecule has 35 heavy (non-hydrogen) atoms. The van der Waals surface area contributed by atoms with Crippen molar-refractivity contribution in [3.05, 3.63) is 131 Å². The predicted molar refractivity (Wildman–Crippen MR) is 145 cm³/mol. The topological polar surface area (TPSA) is 33.0 Å². The van der Waals surface area contributed by atoms with Crippen LogP contribution in [-0.2, 0) is 18.0 Å². The summed E-state index contributed by atoms with van der Waals surface area (Å²) in [7, 11) is 0. The molecule has 0 aliphatic rings. The number of ether oxygens (including phenoxy) is 1. The van der Waals surface area contributed by atoms with Gasteiger partial charge in [-0.1, -0.05) is 109 Å². The molecule has 0 saturated carbocycles. The Morgan fingerprint density at radius 1 is 0.657 bits per heavy atom. The van der Waals surface area contributed by atoms with Gasteiger partial charge in [-0.25, -0.2) is 0 Å². The molecule has 0 N–H and O–H groups in total. The molecule has 2 heteroatoms. The summed E-state index contributed by atoms with van der Waals surface area (Å²) in [6.45, 7) is 1.10. The van der Waals surface area contributed by atoms with Crippen molar-refractivity contribution in [2.75, 3.05) is 0 Å². The van der Waals surface area contributed by atoms with Gasteiger partial charge in [0, 0.05) is 0 Å². The average molecular weight is 450 g/mol. The van der Waals surface area contributed by atoms with Crippen LogP contribution in [0.15, 0.2) is 109 Å². The van der Waals surface area contributed by atoms with Gasteiger partial charge in [0.1, 0.15) is 0 Å². The van der Waals surface area contributed by atoms with Gasteiger partial charge >= 0.3 is 0 Å². The molecule has 0 saturated heterocycles. The van der Waals surface area contributed by atoms with Crippen molar-refractivity contribution in [2.45, 2.75) is 13.2 Å². The van der Waals surface area contributed by atoms with Crippen molar-refractivity contribution in [2.24, 2.45) is 0 Å². The summed E-state index contributed by atoms with van der Waals surface area (Å²) in [6, 6.07) is 40.0.